The Balaban J connectivity index is 1.55. The van der Waals surface area contributed by atoms with Gasteiger partial charge in [0, 0.05) is 24.3 Å². The number of rotatable bonds is 7. The van der Waals surface area contributed by atoms with Crippen molar-refractivity contribution in [3.8, 4) is 0 Å². The first-order chi connectivity index (χ1) is 22.2. The van der Waals surface area contributed by atoms with Crippen LogP contribution < -0.4 is 0 Å². The molecule has 0 amide bonds. The number of esters is 2. The molecule has 4 fully saturated rings. The molecule has 0 aliphatic heterocycles. The summed E-state index contributed by atoms with van der Waals surface area (Å²) in [6.45, 7) is 21.3. The first-order valence-corrected chi connectivity index (χ1v) is 18.6. The Morgan fingerprint density at radius 1 is 0.938 bits per heavy atom. The van der Waals surface area contributed by atoms with E-state index in [-0.39, 0.29) is 33.7 Å². The minimum Gasteiger partial charge on any atom is -0.481 e. The molecule has 48 heavy (non-hydrogen) atoms. The van der Waals surface area contributed by atoms with Crippen LogP contribution in [0.4, 0.5) is 0 Å². The molecule has 0 saturated heterocycles. The second-order valence-corrected chi connectivity index (χ2v) is 18.3. The number of hydrogen-bond acceptors (Lipinski definition) is 6. The molecule has 0 heterocycles. The Morgan fingerprint density at radius 3 is 2.25 bits per heavy atom. The van der Waals surface area contributed by atoms with Gasteiger partial charge >= 0.3 is 17.9 Å². The molecule has 7 heteroatoms. The molecular formula is C41H62O7. The van der Waals surface area contributed by atoms with Gasteiger partial charge in [-0.2, -0.15) is 0 Å². The van der Waals surface area contributed by atoms with Crippen LogP contribution in [0, 0.1) is 56.2 Å². The van der Waals surface area contributed by atoms with E-state index in [1.54, 1.807) is 6.08 Å². The summed E-state index contributed by atoms with van der Waals surface area (Å²) < 4.78 is 12.1. The largest absolute Gasteiger partial charge is 0.481 e. The smallest absolute Gasteiger partial charge is 0.331 e. The Bertz CT molecular complexity index is 1390. The zero-order valence-electron chi connectivity index (χ0n) is 31.2. The number of ether oxygens (including phenoxy) is 2. The van der Waals surface area contributed by atoms with Crippen LogP contribution in [0.25, 0.3) is 0 Å². The fourth-order valence-corrected chi connectivity index (χ4v) is 12.0. The molecule has 0 spiro atoms. The highest BCUT2D eigenvalue weighted by molar-refractivity contribution is 5.83. The Labute approximate surface area is 289 Å². The van der Waals surface area contributed by atoms with Crippen LogP contribution in [0.15, 0.2) is 36.0 Å². The average molecular weight is 667 g/mol. The van der Waals surface area contributed by atoms with Gasteiger partial charge in [-0.05, 0) is 90.8 Å². The molecule has 7 nitrogen and oxygen atoms in total. The molecule has 4 saturated carbocycles. The molecular weight excluding hydrogens is 604 g/mol. The molecule has 5 aliphatic rings. The second-order valence-electron chi connectivity index (χ2n) is 18.3. The average Bonchev–Trinajstić information content (AvgIpc) is 2.99. The van der Waals surface area contributed by atoms with Crippen molar-refractivity contribution in [1.82, 2.24) is 0 Å². The summed E-state index contributed by atoms with van der Waals surface area (Å²) in [6.07, 6.45) is 14.2. The number of aliphatic hydroxyl groups is 1. The highest BCUT2D eigenvalue weighted by Crippen LogP contribution is 2.76. The van der Waals surface area contributed by atoms with E-state index in [9.17, 15) is 24.6 Å². The highest BCUT2D eigenvalue weighted by atomic mass is 16.6. The Morgan fingerprint density at radius 2 is 1.62 bits per heavy atom. The van der Waals surface area contributed by atoms with E-state index in [4.69, 9.17) is 9.47 Å². The van der Waals surface area contributed by atoms with Gasteiger partial charge in [0.2, 0.25) is 0 Å². The van der Waals surface area contributed by atoms with Gasteiger partial charge in [0.15, 0.2) is 6.10 Å². The first kappa shape index (κ1) is 36.9. The zero-order chi connectivity index (χ0) is 35.7. The standard InChI is InChI=1S/C41H62O7/c1-11-25(2)14-12-13-15-32(44)48-33-34(47-26(3)42)41(35(45)46)23-22-39(9)27(28(41)24-36(33,4)5)16-17-30-38(8)20-19-31(43)37(6,7)29(38)18-21-40(30,39)10/h12-16,25,28-31,33-34,43H,11,17-24H2,1-10H3,(H,45,46)/b14-12-,15-13-/t25-,28-,29-,30+,31-,33-,34-,38-,39+,40-,41-/m1/s1. The van der Waals surface area contributed by atoms with Crippen molar-refractivity contribution in [3.05, 3.63) is 36.0 Å². The minimum absolute atomic E-state index is 0.0522. The summed E-state index contributed by atoms with van der Waals surface area (Å²) in [5, 5.41) is 22.3. The quantitative estimate of drug-likeness (QED) is 0.121. The van der Waals surface area contributed by atoms with E-state index in [0.29, 0.717) is 37.0 Å². The van der Waals surface area contributed by atoms with Gasteiger partial charge in [0.05, 0.1) is 6.10 Å². The Hall–Kier alpha value is -2.41. The lowest BCUT2D eigenvalue weighted by molar-refractivity contribution is -0.237. The number of carbonyl (C=O) groups is 3. The number of carbonyl (C=O) groups excluding carboxylic acids is 2. The second kappa shape index (κ2) is 12.4. The normalized spacial score (nSPS) is 43.6. The van der Waals surface area contributed by atoms with Crippen LogP contribution in [0.3, 0.4) is 0 Å². The molecule has 11 atom stereocenters. The van der Waals surface area contributed by atoms with Gasteiger partial charge in [-0.3, -0.25) is 9.59 Å². The molecule has 5 rings (SSSR count). The van der Waals surface area contributed by atoms with Crippen LogP contribution in [0.5, 0.6) is 0 Å². The monoisotopic (exact) mass is 666 g/mol. The number of aliphatic hydroxyl groups excluding tert-OH is 1. The van der Waals surface area contributed by atoms with E-state index in [2.05, 4.69) is 54.5 Å². The van der Waals surface area contributed by atoms with E-state index in [1.807, 2.05) is 26.0 Å². The highest BCUT2D eigenvalue weighted by Gasteiger charge is 2.73. The van der Waals surface area contributed by atoms with E-state index in [1.165, 1.54) is 18.6 Å². The lowest BCUT2D eigenvalue weighted by Gasteiger charge is -2.71. The fourth-order valence-electron chi connectivity index (χ4n) is 12.0. The van der Waals surface area contributed by atoms with Crippen molar-refractivity contribution >= 4 is 17.9 Å². The molecule has 5 aliphatic carbocycles. The van der Waals surface area contributed by atoms with Gasteiger partial charge in [-0.25, -0.2) is 4.79 Å². The van der Waals surface area contributed by atoms with Crippen molar-refractivity contribution in [2.75, 3.05) is 0 Å². The van der Waals surface area contributed by atoms with Gasteiger partial charge in [-0.15, -0.1) is 0 Å². The predicted molar refractivity (Wildman–Crippen MR) is 187 cm³/mol. The van der Waals surface area contributed by atoms with Crippen molar-refractivity contribution in [3.63, 3.8) is 0 Å². The van der Waals surface area contributed by atoms with Crippen LogP contribution in [0.2, 0.25) is 0 Å². The SMILES string of the molecule is CC[C@@H](C)/C=C\C=C/C(=O)O[C@@H]1[C@@H](OC(C)=O)[C@@]2(C(=O)O)CC[C@@]3(C)C(=CC[C@H]4[C@]5(C)CC[C@@H](O)C(C)(C)[C@H]5CC[C@]43C)[C@H]2CC1(C)C. The van der Waals surface area contributed by atoms with Gasteiger partial charge in [0.1, 0.15) is 11.5 Å². The molecule has 2 N–H and O–H groups in total. The summed E-state index contributed by atoms with van der Waals surface area (Å²) >= 11 is 0. The molecule has 0 radical (unpaired) electrons. The van der Waals surface area contributed by atoms with Crippen LogP contribution >= 0.6 is 0 Å². The summed E-state index contributed by atoms with van der Waals surface area (Å²) in [6, 6.07) is 0. The van der Waals surface area contributed by atoms with Crippen LogP contribution in [0.1, 0.15) is 127 Å². The molecule has 0 aromatic heterocycles. The number of allylic oxidation sites excluding steroid dienone is 5. The third kappa shape index (κ3) is 5.44. The lowest BCUT2D eigenvalue weighted by Crippen LogP contribution is -2.69. The molecule has 0 aromatic carbocycles. The lowest BCUT2D eigenvalue weighted by atomic mass is 9.33. The number of fused-ring (bicyclic) bond motifs is 7. The van der Waals surface area contributed by atoms with Gasteiger partial charge in [-0.1, -0.05) is 98.6 Å². The first-order valence-electron chi connectivity index (χ1n) is 18.6. The number of carboxylic acid groups (broad SMARTS) is 1. The van der Waals surface area contributed by atoms with Crippen LogP contribution in [-0.2, 0) is 23.9 Å². The maximum Gasteiger partial charge on any atom is 0.331 e. The van der Waals surface area contributed by atoms with Crippen molar-refractivity contribution in [2.24, 2.45) is 56.2 Å². The fraction of sp³-hybridized carbons (Fsp3) is 0.780. The summed E-state index contributed by atoms with van der Waals surface area (Å²) in [5.41, 5.74) is -1.26. The number of carboxylic acids is 1. The molecule has 0 aromatic rings. The van der Waals surface area contributed by atoms with Gasteiger partial charge < -0.3 is 19.7 Å². The Kier molecular flexibility index (Phi) is 9.54. The number of hydrogen-bond donors (Lipinski definition) is 2. The minimum atomic E-state index is -1.42. The third-order valence-electron chi connectivity index (χ3n) is 15.2. The summed E-state index contributed by atoms with van der Waals surface area (Å²) in [7, 11) is 0. The van der Waals surface area contributed by atoms with Crippen molar-refractivity contribution < 1.29 is 34.1 Å². The van der Waals surface area contributed by atoms with Crippen molar-refractivity contribution in [1.29, 1.82) is 0 Å². The third-order valence-corrected chi connectivity index (χ3v) is 15.2. The maximum absolute atomic E-state index is 13.7. The zero-order valence-corrected chi connectivity index (χ0v) is 31.2. The topological polar surface area (TPSA) is 110 Å². The predicted octanol–water partition coefficient (Wildman–Crippen LogP) is 8.46. The van der Waals surface area contributed by atoms with E-state index < -0.39 is 40.9 Å². The summed E-state index contributed by atoms with van der Waals surface area (Å²) in [4.78, 5) is 39.7. The van der Waals surface area contributed by atoms with Crippen LogP contribution in [-0.4, -0.2) is 46.4 Å². The summed E-state index contributed by atoms with van der Waals surface area (Å²) in [5.74, 6) is -1.29. The van der Waals surface area contributed by atoms with Gasteiger partial charge in [0.25, 0.3) is 0 Å². The van der Waals surface area contributed by atoms with E-state index >= 15 is 0 Å². The molecule has 0 unspecified atom stereocenters. The molecule has 268 valence electrons. The number of aliphatic carboxylic acids is 1. The van der Waals surface area contributed by atoms with E-state index in [0.717, 1.165) is 38.5 Å². The van der Waals surface area contributed by atoms with Crippen molar-refractivity contribution in [2.45, 2.75) is 145 Å². The molecule has 0 bridgehead atoms. The maximum atomic E-state index is 13.7.